The van der Waals surface area contributed by atoms with E-state index in [1.54, 1.807) is 7.11 Å². The largest absolute Gasteiger partial charge is 0.388 e. The van der Waals surface area contributed by atoms with Gasteiger partial charge in [-0.2, -0.15) is 0 Å². The van der Waals surface area contributed by atoms with E-state index in [0.29, 0.717) is 26.0 Å². The first kappa shape index (κ1) is 28.2. The Hall–Kier alpha value is -2.85. The van der Waals surface area contributed by atoms with Gasteiger partial charge in [0.05, 0.1) is 19.8 Å². The maximum absolute atomic E-state index is 12.8. The third-order valence-electron chi connectivity index (χ3n) is 6.71. The van der Waals surface area contributed by atoms with Crippen molar-refractivity contribution in [3.63, 3.8) is 0 Å². The topological polar surface area (TPSA) is 112 Å². The van der Waals surface area contributed by atoms with E-state index in [1.807, 2.05) is 60.7 Å². The highest BCUT2D eigenvalue weighted by Crippen LogP contribution is 2.27. The molecule has 0 spiro atoms. The summed E-state index contributed by atoms with van der Waals surface area (Å²) in [5.41, 5.74) is 7.69. The normalized spacial score (nSPS) is 23.4. The van der Waals surface area contributed by atoms with Gasteiger partial charge in [0.2, 0.25) is 5.91 Å². The molecule has 1 saturated heterocycles. The Morgan fingerprint density at radius 3 is 2.53 bits per heavy atom. The summed E-state index contributed by atoms with van der Waals surface area (Å²) >= 11 is 0. The number of benzene rings is 3. The Balaban J connectivity index is 1.52. The smallest absolute Gasteiger partial charge is 0.220 e. The predicted octanol–water partition coefficient (Wildman–Crippen LogP) is 2.94. The number of carbonyl (C=O) groups excluding carboxylic acids is 1. The van der Waals surface area contributed by atoms with Gasteiger partial charge in [0.15, 0.2) is 6.29 Å². The lowest BCUT2D eigenvalue weighted by molar-refractivity contribution is -0.279. The van der Waals surface area contributed by atoms with E-state index in [1.165, 1.54) is 0 Å². The van der Waals surface area contributed by atoms with Crippen LogP contribution >= 0.6 is 0 Å². The van der Waals surface area contributed by atoms with Crippen molar-refractivity contribution in [1.82, 2.24) is 5.32 Å². The molecule has 1 fully saturated rings. The molecule has 3 aromatic carbocycles. The molecule has 0 aromatic heterocycles. The second kappa shape index (κ2) is 14.3. The van der Waals surface area contributed by atoms with Gasteiger partial charge in [-0.05, 0) is 47.4 Å². The number of nitrogens with two attached hydrogens (primary N) is 1. The standard InChI is InChI=1S/C30H38N2O6/c1-35-20-25-28(34)29(37-19-22-13-14-23-10-5-6-11-24(23)18-22)27(32-26(33)12-7-16-31)30(38-25)36-17-15-21-8-3-2-4-9-21/h2-6,8-11,13-14,18,25,27-30,34H,7,12,15-17,19-20,31H2,1H3,(H,32,33)/t25-,27-,28-,29-,30+/m1/s1. The number of hydrogen-bond acceptors (Lipinski definition) is 7. The van der Waals surface area contributed by atoms with Crippen LogP contribution in [0.25, 0.3) is 10.8 Å². The van der Waals surface area contributed by atoms with Gasteiger partial charge < -0.3 is 35.1 Å². The summed E-state index contributed by atoms with van der Waals surface area (Å²) in [7, 11) is 1.55. The molecule has 3 aromatic rings. The fourth-order valence-electron chi connectivity index (χ4n) is 4.69. The zero-order chi connectivity index (χ0) is 26.7. The molecular weight excluding hydrogens is 484 g/mol. The molecule has 5 atom stereocenters. The van der Waals surface area contributed by atoms with Crippen molar-refractivity contribution in [2.24, 2.45) is 5.73 Å². The summed E-state index contributed by atoms with van der Waals surface area (Å²) in [5, 5.41) is 16.5. The molecule has 204 valence electrons. The van der Waals surface area contributed by atoms with Gasteiger partial charge in [-0.25, -0.2) is 0 Å². The number of hydrogen-bond donors (Lipinski definition) is 3. The first-order valence-electron chi connectivity index (χ1n) is 13.2. The van der Waals surface area contributed by atoms with Gasteiger partial charge >= 0.3 is 0 Å². The van der Waals surface area contributed by atoms with Crippen LogP contribution in [0.2, 0.25) is 0 Å². The Morgan fingerprint density at radius 1 is 1.00 bits per heavy atom. The van der Waals surface area contributed by atoms with Crippen molar-refractivity contribution in [1.29, 1.82) is 0 Å². The van der Waals surface area contributed by atoms with Crippen molar-refractivity contribution < 1.29 is 28.8 Å². The van der Waals surface area contributed by atoms with E-state index in [4.69, 9.17) is 24.7 Å². The van der Waals surface area contributed by atoms with Crippen LogP contribution in [0.3, 0.4) is 0 Å². The third-order valence-corrected chi connectivity index (χ3v) is 6.71. The predicted molar refractivity (Wildman–Crippen MR) is 145 cm³/mol. The molecule has 4 N–H and O–H groups in total. The van der Waals surface area contributed by atoms with Crippen LogP contribution in [0, 0.1) is 0 Å². The monoisotopic (exact) mass is 522 g/mol. The van der Waals surface area contributed by atoms with Gasteiger partial charge in [0.25, 0.3) is 0 Å². The highest BCUT2D eigenvalue weighted by atomic mass is 16.7. The van der Waals surface area contributed by atoms with Gasteiger partial charge in [0.1, 0.15) is 24.4 Å². The first-order chi connectivity index (χ1) is 18.6. The van der Waals surface area contributed by atoms with Crippen molar-refractivity contribution in [2.75, 3.05) is 26.9 Å². The molecule has 0 aliphatic carbocycles. The fraction of sp³-hybridized carbons (Fsp3) is 0.433. The second-order valence-electron chi connectivity index (χ2n) is 9.54. The highest BCUT2D eigenvalue weighted by molar-refractivity contribution is 5.83. The van der Waals surface area contributed by atoms with Crippen molar-refractivity contribution in [3.8, 4) is 0 Å². The fourth-order valence-corrected chi connectivity index (χ4v) is 4.69. The number of aliphatic hydroxyl groups is 1. The van der Waals surface area contributed by atoms with E-state index < -0.39 is 30.6 Å². The third kappa shape index (κ3) is 7.60. The van der Waals surface area contributed by atoms with Gasteiger partial charge in [-0.3, -0.25) is 4.79 Å². The highest BCUT2D eigenvalue weighted by Gasteiger charge is 2.47. The van der Waals surface area contributed by atoms with Crippen LogP contribution in [-0.4, -0.2) is 68.5 Å². The lowest BCUT2D eigenvalue weighted by Gasteiger charge is -2.44. The minimum Gasteiger partial charge on any atom is -0.388 e. The minimum atomic E-state index is -1.04. The molecule has 0 saturated carbocycles. The average Bonchev–Trinajstić information content (AvgIpc) is 2.94. The van der Waals surface area contributed by atoms with Crippen molar-refractivity contribution in [3.05, 3.63) is 83.9 Å². The van der Waals surface area contributed by atoms with Gasteiger partial charge in [0, 0.05) is 13.5 Å². The molecule has 38 heavy (non-hydrogen) atoms. The number of methoxy groups -OCH3 is 1. The van der Waals surface area contributed by atoms with E-state index in [9.17, 15) is 9.90 Å². The summed E-state index contributed by atoms with van der Waals surface area (Å²) in [5.74, 6) is -0.197. The second-order valence-corrected chi connectivity index (χ2v) is 9.54. The molecule has 0 radical (unpaired) electrons. The van der Waals surface area contributed by atoms with Crippen LogP contribution in [-0.2, 0) is 36.8 Å². The number of nitrogens with one attached hydrogen (secondary N) is 1. The molecule has 1 aliphatic heterocycles. The first-order valence-corrected chi connectivity index (χ1v) is 13.2. The average molecular weight is 523 g/mol. The van der Waals surface area contributed by atoms with Crippen LogP contribution in [0.15, 0.2) is 72.8 Å². The van der Waals surface area contributed by atoms with Crippen molar-refractivity contribution in [2.45, 2.75) is 56.5 Å². The SMILES string of the molecule is COC[C@H]1O[C@H](OCCc2ccccc2)[C@H](NC(=O)CCCN)[C@@H](OCc2ccc3ccccc3c2)[C@@H]1O. The molecule has 8 nitrogen and oxygen atoms in total. The summed E-state index contributed by atoms with van der Waals surface area (Å²) in [6.45, 7) is 1.19. The van der Waals surface area contributed by atoms with Crippen LogP contribution in [0.4, 0.5) is 0 Å². The zero-order valence-electron chi connectivity index (χ0n) is 21.8. The molecule has 1 aliphatic rings. The molecular formula is C30H38N2O6. The number of aliphatic hydroxyl groups excluding tert-OH is 1. The summed E-state index contributed by atoms with van der Waals surface area (Å²) < 4.78 is 23.9. The van der Waals surface area contributed by atoms with Gasteiger partial charge in [-0.1, -0.05) is 66.7 Å². The Bertz CT molecular complexity index is 1140. The Morgan fingerprint density at radius 2 is 1.76 bits per heavy atom. The number of carbonyl (C=O) groups is 1. The lowest BCUT2D eigenvalue weighted by Crippen LogP contribution is -2.65. The van der Waals surface area contributed by atoms with Gasteiger partial charge in [-0.15, -0.1) is 0 Å². The van der Waals surface area contributed by atoms with Crippen LogP contribution in [0.5, 0.6) is 0 Å². The lowest BCUT2D eigenvalue weighted by atomic mass is 9.96. The van der Waals surface area contributed by atoms with Crippen LogP contribution in [0.1, 0.15) is 24.0 Å². The summed E-state index contributed by atoms with van der Waals surface area (Å²) in [6.07, 6.45) is -1.83. The zero-order valence-corrected chi connectivity index (χ0v) is 21.8. The van der Waals surface area contributed by atoms with E-state index in [2.05, 4.69) is 17.4 Å². The maximum Gasteiger partial charge on any atom is 0.220 e. The van der Waals surface area contributed by atoms with E-state index in [0.717, 1.165) is 21.9 Å². The molecule has 1 heterocycles. The van der Waals surface area contributed by atoms with Crippen molar-refractivity contribution >= 4 is 16.7 Å². The number of rotatable bonds is 13. The molecule has 0 bridgehead atoms. The number of amides is 1. The molecule has 8 heteroatoms. The number of fused-ring (bicyclic) bond motifs is 1. The minimum absolute atomic E-state index is 0.156. The number of ether oxygens (including phenoxy) is 4. The Labute approximate surface area is 224 Å². The van der Waals surface area contributed by atoms with Crippen LogP contribution < -0.4 is 11.1 Å². The summed E-state index contributed by atoms with van der Waals surface area (Å²) in [4.78, 5) is 12.8. The molecule has 1 amide bonds. The maximum atomic E-state index is 12.8. The Kier molecular flexibility index (Phi) is 10.6. The summed E-state index contributed by atoms with van der Waals surface area (Å²) in [6, 6.07) is 23.5. The van der Waals surface area contributed by atoms with E-state index >= 15 is 0 Å². The van der Waals surface area contributed by atoms with E-state index in [-0.39, 0.29) is 25.5 Å². The quantitative estimate of drug-likeness (QED) is 0.316. The molecule has 4 rings (SSSR count). The molecule has 0 unspecified atom stereocenters.